The number of ether oxygens (including phenoxy) is 1. The van der Waals surface area contributed by atoms with E-state index >= 15 is 0 Å². The minimum absolute atomic E-state index is 0.0842. The van der Waals surface area contributed by atoms with Gasteiger partial charge in [0, 0.05) is 11.1 Å². The van der Waals surface area contributed by atoms with Crippen LogP contribution in [0.5, 0.6) is 5.75 Å². The molecule has 0 aliphatic heterocycles. The normalized spacial score (nSPS) is 11.0. The molecule has 4 nitrogen and oxygen atoms in total. The van der Waals surface area contributed by atoms with Crippen molar-refractivity contribution in [3.05, 3.63) is 65.2 Å². The van der Waals surface area contributed by atoms with E-state index in [4.69, 9.17) is 27.9 Å². The number of halogens is 2. The first-order valence-corrected chi connectivity index (χ1v) is 8.48. The SMILES string of the molecule is C=CCOc1cccc(NS(=O)(=O)c2cc(Cl)ccc2Cl)c1. The Bertz CT molecular complexity index is 791. The van der Waals surface area contributed by atoms with Crippen LogP contribution in [0, 0.1) is 0 Å². The van der Waals surface area contributed by atoms with E-state index < -0.39 is 10.0 Å². The zero-order valence-electron chi connectivity index (χ0n) is 11.4. The Hall–Kier alpha value is -1.69. The summed E-state index contributed by atoms with van der Waals surface area (Å²) in [7, 11) is -3.85. The molecule has 0 amide bonds. The van der Waals surface area contributed by atoms with Gasteiger partial charge in [-0.25, -0.2) is 8.42 Å². The lowest BCUT2D eigenvalue weighted by Crippen LogP contribution is -2.13. The van der Waals surface area contributed by atoms with E-state index in [-0.39, 0.29) is 14.9 Å². The van der Waals surface area contributed by atoms with Crippen LogP contribution in [0.2, 0.25) is 10.0 Å². The molecule has 2 aromatic rings. The smallest absolute Gasteiger partial charge is 0.263 e. The molecule has 2 rings (SSSR count). The average molecular weight is 358 g/mol. The summed E-state index contributed by atoms with van der Waals surface area (Å²) in [5.74, 6) is 0.525. The largest absolute Gasteiger partial charge is 0.489 e. The summed E-state index contributed by atoms with van der Waals surface area (Å²) in [5.41, 5.74) is 0.359. The minimum atomic E-state index is -3.85. The van der Waals surface area contributed by atoms with Gasteiger partial charge in [0.05, 0.1) is 10.7 Å². The Morgan fingerprint density at radius 2 is 1.95 bits per heavy atom. The van der Waals surface area contributed by atoms with Crippen LogP contribution in [0.25, 0.3) is 0 Å². The quantitative estimate of drug-likeness (QED) is 0.781. The maximum Gasteiger partial charge on any atom is 0.263 e. The van der Waals surface area contributed by atoms with Crippen molar-refractivity contribution >= 4 is 38.9 Å². The van der Waals surface area contributed by atoms with Gasteiger partial charge in [0.2, 0.25) is 0 Å². The van der Waals surface area contributed by atoms with Crippen molar-refractivity contribution in [2.45, 2.75) is 4.90 Å². The fourth-order valence-electron chi connectivity index (χ4n) is 1.70. The molecule has 0 saturated heterocycles. The zero-order valence-corrected chi connectivity index (χ0v) is 13.8. The van der Waals surface area contributed by atoms with E-state index in [1.807, 2.05) is 0 Å². The Labute approximate surface area is 139 Å². The van der Waals surface area contributed by atoms with Crippen LogP contribution in [0.4, 0.5) is 5.69 Å². The molecule has 0 unspecified atom stereocenters. The van der Waals surface area contributed by atoms with E-state index in [9.17, 15) is 8.42 Å². The van der Waals surface area contributed by atoms with E-state index in [0.29, 0.717) is 18.0 Å². The monoisotopic (exact) mass is 357 g/mol. The molecular formula is C15H13Cl2NO3S. The summed E-state index contributed by atoms with van der Waals surface area (Å²) in [4.78, 5) is -0.0842. The molecule has 0 bridgehead atoms. The zero-order chi connectivity index (χ0) is 16.2. The molecule has 0 spiro atoms. The van der Waals surface area contributed by atoms with Gasteiger partial charge in [-0.15, -0.1) is 0 Å². The van der Waals surface area contributed by atoms with Crippen LogP contribution >= 0.6 is 23.2 Å². The van der Waals surface area contributed by atoms with E-state index in [1.54, 1.807) is 30.3 Å². The molecule has 22 heavy (non-hydrogen) atoms. The summed E-state index contributed by atoms with van der Waals surface area (Å²) in [6, 6.07) is 10.8. The molecular weight excluding hydrogens is 345 g/mol. The average Bonchev–Trinajstić information content (AvgIpc) is 2.47. The first-order valence-electron chi connectivity index (χ1n) is 6.24. The van der Waals surface area contributed by atoms with Gasteiger partial charge in [0.15, 0.2) is 0 Å². The van der Waals surface area contributed by atoms with Gasteiger partial charge in [0.1, 0.15) is 17.3 Å². The molecule has 1 N–H and O–H groups in total. The molecule has 0 saturated carbocycles. The maximum atomic E-state index is 12.4. The number of hydrogen-bond donors (Lipinski definition) is 1. The summed E-state index contributed by atoms with van der Waals surface area (Å²) in [6.07, 6.45) is 1.60. The molecule has 2 aromatic carbocycles. The molecule has 0 atom stereocenters. The summed E-state index contributed by atoms with van der Waals surface area (Å²) >= 11 is 11.8. The van der Waals surface area contributed by atoms with E-state index in [2.05, 4.69) is 11.3 Å². The van der Waals surface area contributed by atoms with Crippen molar-refractivity contribution < 1.29 is 13.2 Å². The maximum absolute atomic E-state index is 12.4. The lowest BCUT2D eigenvalue weighted by atomic mass is 10.3. The van der Waals surface area contributed by atoms with Crippen molar-refractivity contribution in [3.8, 4) is 5.75 Å². The van der Waals surface area contributed by atoms with Crippen molar-refractivity contribution in [1.82, 2.24) is 0 Å². The molecule has 0 fully saturated rings. The van der Waals surface area contributed by atoms with Crippen molar-refractivity contribution in [3.63, 3.8) is 0 Å². The summed E-state index contributed by atoms with van der Waals surface area (Å²) in [6.45, 7) is 3.88. The number of hydrogen-bond acceptors (Lipinski definition) is 3. The van der Waals surface area contributed by atoms with E-state index in [0.717, 1.165) is 0 Å². The van der Waals surface area contributed by atoms with Gasteiger partial charge >= 0.3 is 0 Å². The van der Waals surface area contributed by atoms with Gasteiger partial charge in [-0.3, -0.25) is 4.72 Å². The summed E-state index contributed by atoms with van der Waals surface area (Å²) in [5, 5.41) is 0.379. The Kier molecular flexibility index (Phi) is 5.34. The number of benzene rings is 2. The van der Waals surface area contributed by atoms with Crippen LogP contribution in [-0.2, 0) is 10.0 Å². The van der Waals surface area contributed by atoms with Crippen molar-refractivity contribution in [2.75, 3.05) is 11.3 Å². The van der Waals surface area contributed by atoms with Crippen LogP contribution in [0.15, 0.2) is 60.0 Å². The highest BCUT2D eigenvalue weighted by atomic mass is 35.5. The van der Waals surface area contributed by atoms with Crippen LogP contribution in [0.1, 0.15) is 0 Å². The van der Waals surface area contributed by atoms with Gasteiger partial charge in [-0.1, -0.05) is 41.9 Å². The first-order chi connectivity index (χ1) is 10.4. The molecule has 0 aliphatic rings. The van der Waals surface area contributed by atoms with Crippen molar-refractivity contribution in [1.29, 1.82) is 0 Å². The number of sulfonamides is 1. The third-order valence-corrected chi connectivity index (χ3v) is 4.73. The topological polar surface area (TPSA) is 55.4 Å². The van der Waals surface area contributed by atoms with Gasteiger partial charge < -0.3 is 4.74 Å². The molecule has 0 radical (unpaired) electrons. The fourth-order valence-corrected chi connectivity index (χ4v) is 3.51. The lowest BCUT2D eigenvalue weighted by Gasteiger charge is -2.11. The van der Waals surface area contributed by atoms with Crippen LogP contribution < -0.4 is 9.46 Å². The fraction of sp³-hybridized carbons (Fsp3) is 0.0667. The Morgan fingerprint density at radius 3 is 2.68 bits per heavy atom. The molecule has 0 aromatic heterocycles. The standard InChI is InChI=1S/C15H13Cl2NO3S/c1-2-8-21-13-5-3-4-12(10-13)18-22(19,20)15-9-11(16)6-7-14(15)17/h2-7,9-10,18H,1,8H2. The second-order valence-corrected chi connectivity index (χ2v) is 6.80. The molecule has 0 heterocycles. The predicted molar refractivity (Wildman–Crippen MR) is 89.4 cm³/mol. The minimum Gasteiger partial charge on any atom is -0.489 e. The van der Waals surface area contributed by atoms with Crippen LogP contribution in [-0.4, -0.2) is 15.0 Å². The van der Waals surface area contributed by atoms with Crippen LogP contribution in [0.3, 0.4) is 0 Å². The number of nitrogens with one attached hydrogen (secondary N) is 1. The molecule has 7 heteroatoms. The van der Waals surface area contributed by atoms with Crippen molar-refractivity contribution in [2.24, 2.45) is 0 Å². The first kappa shape index (κ1) is 16.7. The highest BCUT2D eigenvalue weighted by molar-refractivity contribution is 7.92. The second kappa shape index (κ2) is 7.05. The number of anilines is 1. The molecule has 0 aliphatic carbocycles. The highest BCUT2D eigenvalue weighted by Crippen LogP contribution is 2.27. The van der Waals surface area contributed by atoms with E-state index in [1.165, 1.54) is 18.2 Å². The lowest BCUT2D eigenvalue weighted by molar-refractivity contribution is 0.363. The Morgan fingerprint density at radius 1 is 1.18 bits per heavy atom. The third kappa shape index (κ3) is 4.16. The number of rotatable bonds is 6. The third-order valence-electron chi connectivity index (χ3n) is 2.64. The summed E-state index contributed by atoms with van der Waals surface area (Å²) < 4.78 is 32.6. The van der Waals surface area contributed by atoms with Gasteiger partial charge in [-0.05, 0) is 30.3 Å². The highest BCUT2D eigenvalue weighted by Gasteiger charge is 2.18. The predicted octanol–water partition coefficient (Wildman–Crippen LogP) is 4.36. The Balaban J connectivity index is 2.29. The second-order valence-electron chi connectivity index (χ2n) is 4.31. The van der Waals surface area contributed by atoms with Gasteiger partial charge in [-0.2, -0.15) is 0 Å². The van der Waals surface area contributed by atoms with Gasteiger partial charge in [0.25, 0.3) is 10.0 Å². The molecule has 116 valence electrons.